The number of hydrogen-bond acceptors (Lipinski definition) is 0. The summed E-state index contributed by atoms with van der Waals surface area (Å²) in [7, 11) is 2.11. The molecule has 23 heavy (non-hydrogen) atoms. The average molecular weight is 300 g/mol. The topological polar surface area (TPSA) is 3.88 Å². The van der Waals surface area contributed by atoms with E-state index in [1.165, 1.54) is 33.2 Å². The van der Waals surface area contributed by atoms with Crippen LogP contribution in [0.5, 0.6) is 0 Å². The maximum atomic E-state index is 3.98. The van der Waals surface area contributed by atoms with E-state index in [0.29, 0.717) is 0 Å². The molecular formula is C22H22N+. The van der Waals surface area contributed by atoms with E-state index >= 15 is 0 Å². The maximum Gasteiger partial charge on any atom is 0.221 e. The van der Waals surface area contributed by atoms with Crippen LogP contribution in [0.2, 0.25) is 0 Å². The Bertz CT molecular complexity index is 917. The fourth-order valence-corrected chi connectivity index (χ4v) is 3.19. The van der Waals surface area contributed by atoms with Crippen LogP contribution < -0.4 is 4.57 Å². The van der Waals surface area contributed by atoms with Crippen LogP contribution in [0.15, 0.2) is 61.3 Å². The molecule has 3 rings (SSSR count). The molecule has 0 N–H and O–H groups in total. The van der Waals surface area contributed by atoms with Gasteiger partial charge in [-0.1, -0.05) is 55.1 Å². The number of allylic oxidation sites excluding steroid dienone is 1. The number of fused-ring (bicyclic) bond motifs is 1. The number of aryl methyl sites for hydroxylation is 2. The second kappa shape index (κ2) is 6.21. The molecule has 1 heterocycles. The van der Waals surface area contributed by atoms with Gasteiger partial charge in [0.25, 0.3) is 0 Å². The summed E-state index contributed by atoms with van der Waals surface area (Å²) < 4.78 is 2.21. The quantitative estimate of drug-likeness (QED) is 0.577. The third-order valence-corrected chi connectivity index (χ3v) is 4.33. The van der Waals surface area contributed by atoms with Crippen molar-refractivity contribution in [3.63, 3.8) is 0 Å². The molecule has 0 radical (unpaired) electrons. The lowest BCUT2D eigenvalue weighted by Crippen LogP contribution is -2.31. The van der Waals surface area contributed by atoms with Gasteiger partial charge in [0.1, 0.15) is 7.05 Å². The second-order valence-corrected chi connectivity index (χ2v) is 5.83. The molecule has 0 unspecified atom stereocenters. The number of hydrogen-bond donors (Lipinski definition) is 0. The highest BCUT2D eigenvalue weighted by Gasteiger charge is 2.19. The Kier molecular flexibility index (Phi) is 4.12. The van der Waals surface area contributed by atoms with Gasteiger partial charge in [0, 0.05) is 11.6 Å². The molecule has 0 saturated heterocycles. The first-order valence-corrected chi connectivity index (χ1v) is 7.94. The van der Waals surface area contributed by atoms with Gasteiger partial charge in [-0.25, -0.2) is 4.57 Å². The summed E-state index contributed by atoms with van der Waals surface area (Å²) >= 11 is 0. The van der Waals surface area contributed by atoms with Crippen LogP contribution in [-0.2, 0) is 7.05 Å². The normalized spacial score (nSPS) is 11.3. The van der Waals surface area contributed by atoms with E-state index in [1.54, 1.807) is 0 Å². The van der Waals surface area contributed by atoms with Crippen LogP contribution in [0, 0.1) is 6.92 Å². The largest absolute Gasteiger partial charge is 0.221 e. The number of aromatic nitrogens is 1. The van der Waals surface area contributed by atoms with Gasteiger partial charge in [0.15, 0.2) is 6.20 Å². The van der Waals surface area contributed by atoms with Gasteiger partial charge >= 0.3 is 0 Å². The molecular weight excluding hydrogens is 278 g/mol. The number of benzene rings is 2. The predicted octanol–water partition coefficient (Wildman–Crippen LogP) is 5.32. The molecule has 0 saturated carbocycles. The molecule has 1 nitrogen and oxygen atoms in total. The number of pyridine rings is 1. The zero-order valence-corrected chi connectivity index (χ0v) is 14.0. The van der Waals surface area contributed by atoms with Gasteiger partial charge in [0.2, 0.25) is 5.69 Å². The molecule has 1 heteroatoms. The average Bonchev–Trinajstić information content (AvgIpc) is 2.56. The number of nitrogens with zero attached hydrogens (tertiary/aromatic N) is 1. The van der Waals surface area contributed by atoms with Crippen molar-refractivity contribution in [2.75, 3.05) is 0 Å². The Balaban J connectivity index is 2.53. The fourth-order valence-electron chi connectivity index (χ4n) is 3.19. The molecule has 0 aliphatic rings. The van der Waals surface area contributed by atoms with E-state index in [1.807, 2.05) is 6.08 Å². The highest BCUT2D eigenvalue weighted by Crippen LogP contribution is 2.33. The minimum absolute atomic E-state index is 1.16. The smallest absolute Gasteiger partial charge is 0.200 e. The van der Waals surface area contributed by atoms with Crippen molar-refractivity contribution >= 4 is 22.9 Å². The SMILES string of the molecule is C=Cc1ccc2cc[n+](C)c(-c3ccccc3C)c2c1/C=C\C. The van der Waals surface area contributed by atoms with Crippen LogP contribution in [-0.4, -0.2) is 0 Å². The second-order valence-electron chi connectivity index (χ2n) is 5.83. The molecule has 3 aromatic rings. The Morgan fingerprint density at radius 3 is 2.52 bits per heavy atom. The van der Waals surface area contributed by atoms with E-state index in [0.717, 1.165) is 5.56 Å². The van der Waals surface area contributed by atoms with Crippen molar-refractivity contribution in [1.29, 1.82) is 0 Å². The van der Waals surface area contributed by atoms with Gasteiger partial charge in [-0.2, -0.15) is 0 Å². The maximum absolute atomic E-state index is 3.98. The van der Waals surface area contributed by atoms with Crippen LogP contribution in [0.1, 0.15) is 23.6 Å². The summed E-state index contributed by atoms with van der Waals surface area (Å²) in [4.78, 5) is 0. The molecule has 1 aromatic heterocycles. The highest BCUT2D eigenvalue weighted by molar-refractivity contribution is 6.01. The third-order valence-electron chi connectivity index (χ3n) is 4.33. The van der Waals surface area contributed by atoms with Crippen LogP contribution in [0.3, 0.4) is 0 Å². The first kappa shape index (κ1) is 15.2. The van der Waals surface area contributed by atoms with E-state index in [-0.39, 0.29) is 0 Å². The summed E-state index contributed by atoms with van der Waals surface area (Å²) in [5, 5.41) is 2.53. The minimum Gasteiger partial charge on any atom is -0.200 e. The van der Waals surface area contributed by atoms with Gasteiger partial charge in [-0.3, -0.25) is 0 Å². The van der Waals surface area contributed by atoms with Crippen molar-refractivity contribution in [3.05, 3.63) is 78.0 Å². The van der Waals surface area contributed by atoms with Crippen LogP contribution >= 0.6 is 0 Å². The van der Waals surface area contributed by atoms with E-state index in [9.17, 15) is 0 Å². The lowest BCUT2D eigenvalue weighted by atomic mass is 9.93. The van der Waals surface area contributed by atoms with Crippen molar-refractivity contribution < 1.29 is 4.57 Å². The van der Waals surface area contributed by atoms with Crippen molar-refractivity contribution in [3.8, 4) is 11.3 Å². The zero-order chi connectivity index (χ0) is 16.4. The minimum atomic E-state index is 1.16. The van der Waals surface area contributed by atoms with E-state index in [4.69, 9.17) is 0 Å². The Morgan fingerprint density at radius 2 is 1.83 bits per heavy atom. The Morgan fingerprint density at radius 1 is 1.04 bits per heavy atom. The van der Waals surface area contributed by atoms with Gasteiger partial charge in [0.05, 0.1) is 5.39 Å². The lowest BCUT2D eigenvalue weighted by molar-refractivity contribution is -0.659. The monoisotopic (exact) mass is 300 g/mol. The van der Waals surface area contributed by atoms with Crippen LogP contribution in [0.25, 0.3) is 34.2 Å². The first-order chi connectivity index (χ1) is 11.2. The third kappa shape index (κ3) is 2.59. The highest BCUT2D eigenvalue weighted by atomic mass is 14.9. The Hall–Kier alpha value is -2.67. The van der Waals surface area contributed by atoms with Gasteiger partial charge < -0.3 is 0 Å². The molecule has 2 aromatic carbocycles. The van der Waals surface area contributed by atoms with Gasteiger partial charge in [-0.15, -0.1) is 0 Å². The standard InChI is InChI=1S/C22H22N/c1-5-9-20-17(6-2)12-13-18-14-15-23(4)22(21(18)20)19-11-8-7-10-16(19)3/h5-15H,2H2,1,3-4H3/q+1/b9-5-. The molecule has 114 valence electrons. The van der Waals surface area contributed by atoms with Crippen molar-refractivity contribution in [2.24, 2.45) is 7.05 Å². The summed E-state index contributed by atoms with van der Waals surface area (Å²) in [6.45, 7) is 8.21. The van der Waals surface area contributed by atoms with Gasteiger partial charge in [-0.05, 0) is 42.0 Å². The lowest BCUT2D eigenvalue weighted by Gasteiger charge is -2.12. The first-order valence-electron chi connectivity index (χ1n) is 7.94. The van der Waals surface area contributed by atoms with Crippen molar-refractivity contribution in [2.45, 2.75) is 13.8 Å². The van der Waals surface area contributed by atoms with Crippen molar-refractivity contribution in [1.82, 2.24) is 0 Å². The summed E-state index contributed by atoms with van der Waals surface area (Å²) in [6, 6.07) is 15.1. The molecule has 0 spiro atoms. The van der Waals surface area contributed by atoms with E-state index in [2.05, 4.69) is 92.9 Å². The molecule has 0 atom stereocenters. The summed E-state index contributed by atoms with van der Waals surface area (Å²) in [6.07, 6.45) is 8.35. The van der Waals surface area contributed by atoms with Crippen LogP contribution in [0.4, 0.5) is 0 Å². The number of rotatable bonds is 3. The molecule has 0 fully saturated rings. The van der Waals surface area contributed by atoms with E-state index < -0.39 is 0 Å². The molecule has 0 aliphatic carbocycles. The predicted molar refractivity (Wildman–Crippen MR) is 100 cm³/mol. The molecule has 0 aliphatic heterocycles. The summed E-state index contributed by atoms with van der Waals surface area (Å²) in [5.41, 5.74) is 6.20. The molecule has 0 bridgehead atoms. The summed E-state index contributed by atoms with van der Waals surface area (Å²) in [5.74, 6) is 0. The zero-order valence-electron chi connectivity index (χ0n) is 14.0. The fraction of sp³-hybridized carbons (Fsp3) is 0.136. The molecule has 0 amide bonds. The Labute approximate surface area is 138 Å².